The number of hydrogen-bond acceptors (Lipinski definition) is 8. The Kier molecular flexibility index (Phi) is 19.1. The Morgan fingerprint density at radius 1 is 0.266 bits per heavy atom. The summed E-state index contributed by atoms with van der Waals surface area (Å²) < 4.78 is 53.3. The average Bonchev–Trinajstić information content (AvgIpc) is 3.31. The minimum absolute atomic E-state index is 0.578. The molecule has 0 heterocycles. The maximum atomic E-state index is 7.01. The molecule has 0 aliphatic carbocycles. The Hall–Kier alpha value is -4.72. The second kappa shape index (κ2) is 25.1. The molecule has 0 fully saturated rings. The van der Waals surface area contributed by atoms with Gasteiger partial charge in [-0.15, -0.1) is 0 Å². The van der Waals surface area contributed by atoms with Gasteiger partial charge >= 0.3 is 0 Å². The van der Waals surface area contributed by atoms with Gasteiger partial charge in [0, 0.05) is 21.5 Å². The lowest BCUT2D eigenvalue weighted by Crippen LogP contribution is -2.07. The molecule has 64 heavy (non-hydrogen) atoms. The van der Waals surface area contributed by atoms with Crippen LogP contribution < -0.4 is 37.9 Å². The van der Waals surface area contributed by atoms with Crippen LogP contribution in [0.15, 0.2) is 36.4 Å². The summed E-state index contributed by atoms with van der Waals surface area (Å²) >= 11 is 0. The van der Waals surface area contributed by atoms with Crippen LogP contribution in [-0.4, -0.2) is 53.9 Å². The minimum atomic E-state index is 0.578. The van der Waals surface area contributed by atoms with Gasteiger partial charge in [0.2, 0.25) is 0 Å². The van der Waals surface area contributed by atoms with Crippen LogP contribution in [0.5, 0.6) is 46.0 Å². The van der Waals surface area contributed by atoms with Gasteiger partial charge in [-0.2, -0.15) is 0 Å². The highest BCUT2D eigenvalue weighted by molar-refractivity contribution is 6.42. The quantitative estimate of drug-likeness (QED) is 0.0236. The fraction of sp³-hybridized carbons (Fsp3) is 0.571. The number of hydrogen-bond donors (Lipinski definition) is 0. The molecule has 6 aromatic rings. The smallest absolute Gasteiger partial charge is 0.169 e. The van der Waals surface area contributed by atoms with E-state index in [9.17, 15) is 0 Å². The molecule has 0 bridgehead atoms. The van der Waals surface area contributed by atoms with Gasteiger partial charge in [-0.25, -0.2) is 0 Å². The Labute approximate surface area is 383 Å². The first-order valence-electron chi connectivity index (χ1n) is 25.1. The molecule has 6 rings (SSSR count). The molecular weight excluding hydrogens is 801 g/mol. The van der Waals surface area contributed by atoms with Gasteiger partial charge in [0.1, 0.15) is 0 Å². The highest BCUT2D eigenvalue weighted by Gasteiger charge is 2.29. The third kappa shape index (κ3) is 11.2. The van der Waals surface area contributed by atoms with E-state index >= 15 is 0 Å². The van der Waals surface area contributed by atoms with Crippen LogP contribution in [0.25, 0.3) is 53.9 Å². The topological polar surface area (TPSA) is 73.8 Å². The number of rotatable bonds is 32. The molecule has 0 saturated carbocycles. The lowest BCUT2D eigenvalue weighted by Gasteiger charge is -2.26. The number of methoxy groups -OCH3 is 2. The van der Waals surface area contributed by atoms with Crippen LogP contribution in [-0.2, 0) is 0 Å². The summed E-state index contributed by atoms with van der Waals surface area (Å²) in [6, 6.07) is 13.1. The van der Waals surface area contributed by atoms with Crippen molar-refractivity contribution in [2.24, 2.45) is 0 Å². The first-order valence-corrected chi connectivity index (χ1v) is 25.1. The Morgan fingerprint density at radius 3 is 0.812 bits per heavy atom. The molecule has 0 aliphatic heterocycles. The van der Waals surface area contributed by atoms with E-state index in [1.54, 1.807) is 14.2 Å². The highest BCUT2D eigenvalue weighted by Crippen LogP contribution is 2.57. The van der Waals surface area contributed by atoms with Crippen molar-refractivity contribution in [3.8, 4) is 46.0 Å². The van der Waals surface area contributed by atoms with Gasteiger partial charge in [-0.1, -0.05) is 119 Å². The SMILES string of the molecule is CCCCCOc1cc2c(cc1OCCCCC)c1cc(OCCCCC)c(OCCCCC)c3c4cc(OC)c(OC)cc4c4c(OCCCCC)c(OCCCCC)cc2c4c13. The number of fused-ring (bicyclic) bond motifs is 6. The molecule has 0 spiro atoms. The van der Waals surface area contributed by atoms with Crippen molar-refractivity contribution >= 4 is 53.9 Å². The Bertz CT molecular complexity index is 2200. The summed E-state index contributed by atoms with van der Waals surface area (Å²) in [7, 11) is 3.41. The predicted molar refractivity (Wildman–Crippen MR) is 268 cm³/mol. The summed E-state index contributed by atoms with van der Waals surface area (Å²) in [6.07, 6.45) is 19.0. The van der Waals surface area contributed by atoms with Crippen molar-refractivity contribution in [3.63, 3.8) is 0 Å². The van der Waals surface area contributed by atoms with Crippen molar-refractivity contribution in [2.75, 3.05) is 53.9 Å². The average molecular weight is 879 g/mol. The van der Waals surface area contributed by atoms with E-state index in [-0.39, 0.29) is 0 Å². The highest BCUT2D eigenvalue weighted by atomic mass is 16.5. The van der Waals surface area contributed by atoms with E-state index in [1.807, 2.05) is 0 Å². The minimum Gasteiger partial charge on any atom is -0.493 e. The molecular formula is C56H78O8. The van der Waals surface area contributed by atoms with Gasteiger partial charge in [0.25, 0.3) is 0 Å². The molecule has 0 aromatic heterocycles. The second-order valence-corrected chi connectivity index (χ2v) is 17.4. The van der Waals surface area contributed by atoms with Crippen molar-refractivity contribution in [1.82, 2.24) is 0 Å². The number of benzene rings is 6. The monoisotopic (exact) mass is 879 g/mol. The summed E-state index contributed by atoms with van der Waals surface area (Å²) in [5.74, 6) is 5.84. The largest absolute Gasteiger partial charge is 0.493 e. The van der Waals surface area contributed by atoms with Crippen molar-refractivity contribution in [2.45, 2.75) is 157 Å². The molecule has 0 unspecified atom stereocenters. The zero-order valence-corrected chi connectivity index (χ0v) is 40.7. The van der Waals surface area contributed by atoms with Crippen LogP contribution in [0.3, 0.4) is 0 Å². The van der Waals surface area contributed by atoms with Gasteiger partial charge in [0.15, 0.2) is 46.0 Å². The molecule has 0 amide bonds. The number of ether oxygens (including phenoxy) is 8. The van der Waals surface area contributed by atoms with Gasteiger partial charge in [0.05, 0.1) is 53.9 Å². The van der Waals surface area contributed by atoms with E-state index in [2.05, 4.69) is 77.9 Å². The van der Waals surface area contributed by atoms with Crippen LogP contribution >= 0.6 is 0 Å². The van der Waals surface area contributed by atoms with Crippen LogP contribution in [0.2, 0.25) is 0 Å². The van der Waals surface area contributed by atoms with E-state index in [4.69, 9.17) is 37.9 Å². The summed E-state index contributed by atoms with van der Waals surface area (Å²) in [5.41, 5.74) is 0. The summed E-state index contributed by atoms with van der Waals surface area (Å²) in [6.45, 7) is 16.9. The normalized spacial score (nSPS) is 11.7. The fourth-order valence-electron chi connectivity index (χ4n) is 8.95. The first-order chi connectivity index (χ1) is 31.5. The van der Waals surface area contributed by atoms with Crippen LogP contribution in [0, 0.1) is 0 Å². The van der Waals surface area contributed by atoms with E-state index < -0.39 is 0 Å². The Morgan fingerprint density at radius 2 is 0.516 bits per heavy atom. The zero-order valence-electron chi connectivity index (χ0n) is 40.7. The zero-order chi connectivity index (χ0) is 45.3. The van der Waals surface area contributed by atoms with Crippen molar-refractivity contribution < 1.29 is 37.9 Å². The predicted octanol–water partition coefficient (Wildman–Crippen LogP) is 16.3. The molecule has 0 aliphatic rings. The number of unbranched alkanes of at least 4 members (excludes halogenated alkanes) is 12. The van der Waals surface area contributed by atoms with Crippen LogP contribution in [0.4, 0.5) is 0 Å². The second-order valence-electron chi connectivity index (χ2n) is 17.4. The van der Waals surface area contributed by atoms with E-state index in [0.717, 1.165) is 204 Å². The fourth-order valence-corrected chi connectivity index (χ4v) is 8.95. The maximum Gasteiger partial charge on any atom is 0.169 e. The molecule has 0 atom stereocenters. The maximum absolute atomic E-state index is 7.01. The van der Waals surface area contributed by atoms with Crippen molar-refractivity contribution in [3.05, 3.63) is 36.4 Å². The molecule has 0 N–H and O–H groups in total. The molecule has 8 heteroatoms. The van der Waals surface area contributed by atoms with Gasteiger partial charge < -0.3 is 37.9 Å². The molecule has 0 radical (unpaired) electrons. The molecule has 6 aromatic carbocycles. The lowest BCUT2D eigenvalue weighted by molar-refractivity contribution is 0.260. The standard InChI is InChI=1S/C56H78O8/c1-9-15-21-27-59-47-33-39-40(34-48(47)60-28-22-16-10-2)42-38-50(62-30-24-18-12-4)56(64-32-26-20-14-6)54-44-36-46(58-8)45(57-7)35-43(44)53-51(52(42)54)41(39)37-49(61-29-23-17-11-3)55(53)63-31-25-19-13-5/h33-38H,9-32H2,1-8H3. The first kappa shape index (κ1) is 48.7. The van der Waals surface area contributed by atoms with E-state index in [1.165, 1.54) is 0 Å². The Balaban J connectivity index is 1.83. The molecule has 8 nitrogen and oxygen atoms in total. The summed E-state index contributed by atoms with van der Waals surface area (Å²) in [5, 5.41) is 10.4. The third-order valence-corrected chi connectivity index (χ3v) is 12.5. The summed E-state index contributed by atoms with van der Waals surface area (Å²) in [4.78, 5) is 0. The van der Waals surface area contributed by atoms with Gasteiger partial charge in [-0.3, -0.25) is 0 Å². The van der Waals surface area contributed by atoms with Crippen LogP contribution in [0.1, 0.15) is 157 Å². The molecule has 0 saturated heterocycles. The van der Waals surface area contributed by atoms with E-state index in [0.29, 0.717) is 51.1 Å². The van der Waals surface area contributed by atoms with Crippen molar-refractivity contribution in [1.29, 1.82) is 0 Å². The van der Waals surface area contributed by atoms with Gasteiger partial charge in [-0.05, 0) is 107 Å². The molecule has 350 valence electrons. The lowest BCUT2D eigenvalue weighted by atomic mass is 9.84. The third-order valence-electron chi connectivity index (χ3n) is 12.5.